The summed E-state index contributed by atoms with van der Waals surface area (Å²) < 4.78 is 7.25. The molecule has 1 fully saturated rings. The SMILES string of the molecule is CCc1c(C(=O)NCc2ccnc(N3CCOCC3)c2)cnn1-c1ccc(C)cc1. The van der Waals surface area contributed by atoms with Gasteiger partial charge in [0.2, 0.25) is 0 Å². The third-order valence-corrected chi connectivity index (χ3v) is 5.32. The van der Waals surface area contributed by atoms with E-state index >= 15 is 0 Å². The number of aryl methyl sites for hydroxylation is 1. The van der Waals surface area contributed by atoms with Gasteiger partial charge in [-0.3, -0.25) is 4.79 Å². The largest absolute Gasteiger partial charge is 0.378 e. The van der Waals surface area contributed by atoms with Gasteiger partial charge in [-0.15, -0.1) is 0 Å². The van der Waals surface area contributed by atoms with E-state index < -0.39 is 0 Å². The lowest BCUT2D eigenvalue weighted by atomic mass is 10.1. The number of morpholine rings is 1. The summed E-state index contributed by atoms with van der Waals surface area (Å²) in [6.45, 7) is 7.63. The van der Waals surface area contributed by atoms with Crippen LogP contribution in [0.4, 0.5) is 5.82 Å². The van der Waals surface area contributed by atoms with Gasteiger partial charge in [0.25, 0.3) is 5.91 Å². The molecule has 0 spiro atoms. The van der Waals surface area contributed by atoms with Crippen molar-refractivity contribution in [2.75, 3.05) is 31.2 Å². The van der Waals surface area contributed by atoms with Crippen molar-refractivity contribution in [3.8, 4) is 5.69 Å². The molecule has 1 aromatic carbocycles. The molecule has 0 bridgehead atoms. The minimum absolute atomic E-state index is 0.116. The van der Waals surface area contributed by atoms with Crippen molar-refractivity contribution in [1.29, 1.82) is 0 Å². The van der Waals surface area contributed by atoms with E-state index in [0.717, 1.165) is 35.9 Å². The van der Waals surface area contributed by atoms with E-state index in [2.05, 4.69) is 27.2 Å². The lowest BCUT2D eigenvalue weighted by molar-refractivity contribution is 0.0950. The zero-order chi connectivity index (χ0) is 20.9. The van der Waals surface area contributed by atoms with E-state index in [1.54, 1.807) is 12.4 Å². The number of pyridine rings is 1. The van der Waals surface area contributed by atoms with E-state index in [-0.39, 0.29) is 5.91 Å². The minimum atomic E-state index is -0.116. The molecule has 1 amide bonds. The standard InChI is InChI=1S/C23H27N5O2/c1-3-21-20(16-26-28(21)19-6-4-17(2)5-7-19)23(29)25-15-18-8-9-24-22(14-18)27-10-12-30-13-11-27/h4-9,14,16H,3,10-13,15H2,1-2H3,(H,25,29). The van der Waals surface area contributed by atoms with Crippen molar-refractivity contribution in [2.24, 2.45) is 0 Å². The van der Waals surface area contributed by atoms with Gasteiger partial charge in [-0.05, 0) is 43.2 Å². The number of nitrogens with zero attached hydrogens (tertiary/aromatic N) is 4. The number of aromatic nitrogens is 3. The number of anilines is 1. The molecule has 7 heteroatoms. The van der Waals surface area contributed by atoms with Crippen LogP contribution in [0.3, 0.4) is 0 Å². The van der Waals surface area contributed by atoms with Gasteiger partial charge in [-0.2, -0.15) is 5.10 Å². The highest BCUT2D eigenvalue weighted by molar-refractivity contribution is 5.95. The normalized spacial score (nSPS) is 14.0. The summed E-state index contributed by atoms with van der Waals surface area (Å²) in [7, 11) is 0. The van der Waals surface area contributed by atoms with Gasteiger partial charge in [0, 0.05) is 25.8 Å². The molecule has 0 aliphatic carbocycles. The van der Waals surface area contributed by atoms with Crippen LogP contribution in [0.25, 0.3) is 5.69 Å². The van der Waals surface area contributed by atoms with Gasteiger partial charge < -0.3 is 15.0 Å². The Morgan fingerprint density at radius 1 is 1.17 bits per heavy atom. The van der Waals surface area contributed by atoms with E-state index in [0.29, 0.717) is 31.7 Å². The second-order valence-corrected chi connectivity index (χ2v) is 7.41. The number of carbonyl (C=O) groups excluding carboxylic acids is 1. The van der Waals surface area contributed by atoms with E-state index in [9.17, 15) is 4.79 Å². The number of hydrogen-bond donors (Lipinski definition) is 1. The Hall–Kier alpha value is -3.19. The molecule has 1 aliphatic rings. The van der Waals surface area contributed by atoms with Gasteiger partial charge in [0.15, 0.2) is 0 Å². The molecule has 3 aromatic rings. The first-order valence-corrected chi connectivity index (χ1v) is 10.4. The number of ether oxygens (including phenoxy) is 1. The second kappa shape index (κ2) is 9.09. The fourth-order valence-electron chi connectivity index (χ4n) is 3.63. The maximum absolute atomic E-state index is 12.9. The topological polar surface area (TPSA) is 72.3 Å². The van der Waals surface area contributed by atoms with Crippen LogP contribution in [0, 0.1) is 6.92 Å². The zero-order valence-corrected chi connectivity index (χ0v) is 17.5. The highest BCUT2D eigenvalue weighted by Gasteiger charge is 2.17. The van der Waals surface area contributed by atoms with Crippen LogP contribution >= 0.6 is 0 Å². The minimum Gasteiger partial charge on any atom is -0.378 e. The highest BCUT2D eigenvalue weighted by atomic mass is 16.5. The van der Waals surface area contributed by atoms with E-state index in [1.807, 2.05) is 48.0 Å². The summed E-state index contributed by atoms with van der Waals surface area (Å²) >= 11 is 0. The van der Waals surface area contributed by atoms with E-state index in [4.69, 9.17) is 4.74 Å². The van der Waals surface area contributed by atoms with Gasteiger partial charge in [-0.1, -0.05) is 24.6 Å². The van der Waals surface area contributed by atoms with Crippen LogP contribution in [-0.4, -0.2) is 47.0 Å². The molecule has 1 N–H and O–H groups in total. The molecule has 0 unspecified atom stereocenters. The number of nitrogens with one attached hydrogen (secondary N) is 1. The molecule has 3 heterocycles. The van der Waals surface area contributed by atoms with Crippen molar-refractivity contribution in [3.63, 3.8) is 0 Å². The summed E-state index contributed by atoms with van der Waals surface area (Å²) in [6.07, 6.45) is 4.16. The summed E-state index contributed by atoms with van der Waals surface area (Å²) in [5.41, 5.74) is 4.68. The molecular weight excluding hydrogens is 378 g/mol. The fourth-order valence-corrected chi connectivity index (χ4v) is 3.63. The molecule has 4 rings (SSSR count). The maximum Gasteiger partial charge on any atom is 0.255 e. The number of rotatable bonds is 6. The monoisotopic (exact) mass is 405 g/mol. The number of carbonyl (C=O) groups is 1. The number of benzene rings is 1. The van der Waals surface area contributed by atoms with Gasteiger partial charge in [0.05, 0.1) is 36.4 Å². The first-order chi connectivity index (χ1) is 14.7. The molecule has 1 saturated heterocycles. The smallest absolute Gasteiger partial charge is 0.255 e. The zero-order valence-electron chi connectivity index (χ0n) is 17.5. The lowest BCUT2D eigenvalue weighted by Crippen LogP contribution is -2.36. The summed E-state index contributed by atoms with van der Waals surface area (Å²) in [6, 6.07) is 12.1. The van der Waals surface area contributed by atoms with Crippen LogP contribution in [0.5, 0.6) is 0 Å². The van der Waals surface area contributed by atoms with Crippen LogP contribution in [0.15, 0.2) is 48.8 Å². The molecule has 30 heavy (non-hydrogen) atoms. The molecule has 0 atom stereocenters. The van der Waals surface area contributed by atoms with Crippen molar-refractivity contribution in [2.45, 2.75) is 26.8 Å². The van der Waals surface area contributed by atoms with Gasteiger partial charge >= 0.3 is 0 Å². The third kappa shape index (κ3) is 4.36. The molecule has 1 aliphatic heterocycles. The van der Waals surface area contributed by atoms with Gasteiger partial charge in [-0.25, -0.2) is 9.67 Å². The molecule has 2 aromatic heterocycles. The second-order valence-electron chi connectivity index (χ2n) is 7.41. The van der Waals surface area contributed by atoms with Crippen LogP contribution < -0.4 is 10.2 Å². The molecular formula is C23H27N5O2. The number of amides is 1. The van der Waals surface area contributed by atoms with Crippen LogP contribution in [-0.2, 0) is 17.7 Å². The Kier molecular flexibility index (Phi) is 6.09. The third-order valence-electron chi connectivity index (χ3n) is 5.32. The lowest BCUT2D eigenvalue weighted by Gasteiger charge is -2.28. The Morgan fingerprint density at radius 2 is 1.93 bits per heavy atom. The van der Waals surface area contributed by atoms with Crippen LogP contribution in [0.1, 0.15) is 34.1 Å². The Bertz CT molecular complexity index is 1010. The first kappa shape index (κ1) is 20.1. The molecule has 0 radical (unpaired) electrons. The highest BCUT2D eigenvalue weighted by Crippen LogP contribution is 2.18. The van der Waals surface area contributed by atoms with Crippen molar-refractivity contribution >= 4 is 11.7 Å². The molecule has 7 nitrogen and oxygen atoms in total. The van der Waals surface area contributed by atoms with Gasteiger partial charge in [0.1, 0.15) is 5.82 Å². The predicted molar refractivity (Wildman–Crippen MR) is 116 cm³/mol. The summed E-state index contributed by atoms with van der Waals surface area (Å²) in [5.74, 6) is 0.807. The fraction of sp³-hybridized carbons (Fsp3) is 0.348. The van der Waals surface area contributed by atoms with Crippen molar-refractivity contribution in [1.82, 2.24) is 20.1 Å². The molecule has 156 valence electrons. The van der Waals surface area contributed by atoms with Crippen LogP contribution in [0.2, 0.25) is 0 Å². The Labute approximate surface area is 176 Å². The van der Waals surface area contributed by atoms with Crippen molar-refractivity contribution < 1.29 is 9.53 Å². The summed E-state index contributed by atoms with van der Waals surface area (Å²) in [5, 5.41) is 7.50. The Morgan fingerprint density at radius 3 is 2.67 bits per heavy atom. The number of hydrogen-bond acceptors (Lipinski definition) is 5. The Balaban J connectivity index is 1.46. The summed E-state index contributed by atoms with van der Waals surface area (Å²) in [4.78, 5) is 19.5. The first-order valence-electron chi connectivity index (χ1n) is 10.4. The predicted octanol–water partition coefficient (Wildman–Crippen LogP) is 2.90. The average molecular weight is 406 g/mol. The maximum atomic E-state index is 12.9. The average Bonchev–Trinajstić information content (AvgIpc) is 3.23. The van der Waals surface area contributed by atoms with E-state index in [1.165, 1.54) is 5.56 Å². The molecule has 0 saturated carbocycles. The quantitative estimate of drug-likeness (QED) is 0.683. The van der Waals surface area contributed by atoms with Crippen molar-refractivity contribution in [3.05, 3.63) is 71.2 Å².